The number of alkyl halides is 12. The fourth-order valence-electron chi connectivity index (χ4n) is 2.67. The van der Waals surface area contributed by atoms with Gasteiger partial charge in [-0.25, -0.2) is 0 Å². The molecule has 0 amide bonds. The Kier molecular flexibility index (Phi) is 6.11. The lowest BCUT2D eigenvalue weighted by Gasteiger charge is -2.29. The van der Waals surface area contributed by atoms with Gasteiger partial charge in [-0.2, -0.15) is 52.7 Å². The highest BCUT2D eigenvalue weighted by atomic mass is 19.4. The number of hydrogen-bond acceptors (Lipinski definition) is 1. The van der Waals surface area contributed by atoms with Crippen molar-refractivity contribution in [2.24, 2.45) is 0 Å². The Labute approximate surface area is 144 Å². The van der Waals surface area contributed by atoms with E-state index in [-0.39, 0.29) is 0 Å². The van der Waals surface area contributed by atoms with Crippen molar-refractivity contribution < 1.29 is 52.7 Å². The molecule has 0 heterocycles. The molecule has 1 unspecified atom stereocenters. The average Bonchev–Trinajstić information content (AvgIpc) is 2.42. The standard InChI is InChI=1S/C14H11F12N/c1-3-7(27-2)5-4-6(11(15,16)17)9(13(21,22)23)10(14(24,25)26)8(5)12(18,19)20/h4,7,27H,3H2,1-2H3. The molecule has 0 aliphatic rings. The second-order valence-electron chi connectivity index (χ2n) is 5.38. The zero-order valence-corrected chi connectivity index (χ0v) is 13.4. The summed E-state index contributed by atoms with van der Waals surface area (Å²) in [5.41, 5.74) is -14.0. The van der Waals surface area contributed by atoms with Gasteiger partial charge >= 0.3 is 24.7 Å². The SMILES string of the molecule is CCC(NC)c1cc(C(F)(F)F)c(C(F)(F)F)c(C(F)(F)F)c1C(F)(F)F. The van der Waals surface area contributed by atoms with E-state index in [1.165, 1.54) is 0 Å². The fourth-order valence-corrected chi connectivity index (χ4v) is 2.67. The van der Waals surface area contributed by atoms with Gasteiger partial charge in [-0.05, 0) is 25.1 Å². The molecule has 1 aromatic rings. The van der Waals surface area contributed by atoms with Crippen LogP contribution < -0.4 is 5.32 Å². The number of benzene rings is 1. The third-order valence-corrected chi connectivity index (χ3v) is 3.65. The van der Waals surface area contributed by atoms with E-state index in [2.05, 4.69) is 5.32 Å². The van der Waals surface area contributed by atoms with Gasteiger partial charge in [0.2, 0.25) is 0 Å². The highest BCUT2D eigenvalue weighted by Crippen LogP contribution is 2.53. The first-order chi connectivity index (χ1) is 11.9. The second-order valence-corrected chi connectivity index (χ2v) is 5.38. The summed E-state index contributed by atoms with van der Waals surface area (Å²) in [4.78, 5) is 0. The molecule has 13 heteroatoms. The van der Waals surface area contributed by atoms with Gasteiger partial charge in [0.25, 0.3) is 0 Å². The molecule has 156 valence electrons. The molecule has 0 saturated carbocycles. The first-order valence-electron chi connectivity index (χ1n) is 7.04. The van der Waals surface area contributed by atoms with E-state index in [9.17, 15) is 52.7 Å². The Morgan fingerprint density at radius 1 is 0.704 bits per heavy atom. The molecule has 0 saturated heterocycles. The van der Waals surface area contributed by atoms with Gasteiger partial charge in [-0.3, -0.25) is 0 Å². The van der Waals surface area contributed by atoms with Crippen molar-refractivity contribution in [1.29, 1.82) is 0 Å². The number of hydrogen-bond donors (Lipinski definition) is 1. The molecular weight excluding hydrogens is 410 g/mol. The Morgan fingerprint density at radius 2 is 1.11 bits per heavy atom. The summed E-state index contributed by atoms with van der Waals surface area (Å²) in [6, 6.07) is -2.22. The van der Waals surface area contributed by atoms with Crippen LogP contribution in [0.15, 0.2) is 6.07 Å². The van der Waals surface area contributed by atoms with Gasteiger partial charge in [-0.1, -0.05) is 6.92 Å². The molecule has 27 heavy (non-hydrogen) atoms. The van der Waals surface area contributed by atoms with Crippen molar-refractivity contribution in [3.8, 4) is 0 Å². The van der Waals surface area contributed by atoms with Crippen LogP contribution in [-0.4, -0.2) is 7.05 Å². The monoisotopic (exact) mass is 421 g/mol. The Hall–Kier alpha value is -1.66. The minimum atomic E-state index is -6.35. The van der Waals surface area contributed by atoms with E-state index < -0.39 is 71.1 Å². The van der Waals surface area contributed by atoms with Crippen molar-refractivity contribution in [2.45, 2.75) is 44.1 Å². The minimum absolute atomic E-state index is 0.417. The third-order valence-electron chi connectivity index (χ3n) is 3.65. The van der Waals surface area contributed by atoms with Crippen LogP contribution >= 0.6 is 0 Å². The fraction of sp³-hybridized carbons (Fsp3) is 0.571. The van der Waals surface area contributed by atoms with Crippen LogP contribution in [0, 0.1) is 0 Å². The lowest BCUT2D eigenvalue weighted by atomic mass is 9.86. The second kappa shape index (κ2) is 7.06. The molecule has 0 radical (unpaired) electrons. The minimum Gasteiger partial charge on any atom is -0.313 e. The van der Waals surface area contributed by atoms with E-state index in [4.69, 9.17) is 0 Å². The zero-order chi connectivity index (χ0) is 21.6. The van der Waals surface area contributed by atoms with Gasteiger partial charge in [0.15, 0.2) is 0 Å². The summed E-state index contributed by atoms with van der Waals surface area (Å²) in [6.07, 6.45) is -25.1. The predicted molar refractivity (Wildman–Crippen MR) is 68.5 cm³/mol. The molecule has 0 aromatic heterocycles. The van der Waals surface area contributed by atoms with Crippen LogP contribution in [-0.2, 0) is 24.7 Å². The predicted octanol–water partition coefficient (Wildman–Crippen LogP) is 6.43. The molecular formula is C14H11F12N. The molecule has 0 aliphatic heterocycles. The van der Waals surface area contributed by atoms with Crippen molar-refractivity contribution >= 4 is 0 Å². The maximum atomic E-state index is 13.3. The van der Waals surface area contributed by atoms with Crippen LogP contribution in [0.1, 0.15) is 47.2 Å². The quantitative estimate of drug-likeness (QED) is 0.555. The Balaban J connectivity index is 4.35. The van der Waals surface area contributed by atoms with Crippen LogP contribution in [0.5, 0.6) is 0 Å². The summed E-state index contributed by atoms with van der Waals surface area (Å²) in [6.45, 7) is 1.14. The van der Waals surface area contributed by atoms with Gasteiger partial charge in [0.1, 0.15) is 0 Å². The lowest BCUT2D eigenvalue weighted by Crippen LogP contribution is -2.31. The summed E-state index contributed by atoms with van der Waals surface area (Å²) in [7, 11) is 0.951. The molecule has 0 fully saturated rings. The maximum absolute atomic E-state index is 13.3. The molecule has 0 spiro atoms. The Morgan fingerprint density at radius 3 is 1.37 bits per heavy atom. The molecule has 1 nitrogen and oxygen atoms in total. The zero-order valence-electron chi connectivity index (χ0n) is 13.4. The highest BCUT2D eigenvalue weighted by Gasteiger charge is 2.56. The van der Waals surface area contributed by atoms with E-state index in [0.29, 0.717) is 0 Å². The highest BCUT2D eigenvalue weighted by molar-refractivity contribution is 5.52. The average molecular weight is 421 g/mol. The lowest BCUT2D eigenvalue weighted by molar-refractivity contribution is -0.183. The van der Waals surface area contributed by atoms with E-state index in [0.717, 1.165) is 14.0 Å². The summed E-state index contributed by atoms with van der Waals surface area (Å²) < 4.78 is 158. The van der Waals surface area contributed by atoms with Crippen LogP contribution in [0.4, 0.5) is 52.7 Å². The number of halogens is 12. The molecule has 0 aliphatic carbocycles. The van der Waals surface area contributed by atoms with Crippen LogP contribution in [0.2, 0.25) is 0 Å². The van der Waals surface area contributed by atoms with Gasteiger partial charge in [0.05, 0.1) is 22.3 Å². The van der Waals surface area contributed by atoms with E-state index in [1.807, 2.05) is 0 Å². The van der Waals surface area contributed by atoms with Crippen molar-refractivity contribution in [1.82, 2.24) is 5.32 Å². The maximum Gasteiger partial charge on any atom is 0.417 e. The summed E-state index contributed by atoms with van der Waals surface area (Å²) in [5.74, 6) is 0. The number of nitrogens with one attached hydrogen (secondary N) is 1. The summed E-state index contributed by atoms with van der Waals surface area (Å²) >= 11 is 0. The topological polar surface area (TPSA) is 12.0 Å². The molecule has 1 atom stereocenters. The van der Waals surface area contributed by atoms with Crippen LogP contribution in [0.25, 0.3) is 0 Å². The molecule has 1 aromatic carbocycles. The van der Waals surface area contributed by atoms with Gasteiger partial charge in [0, 0.05) is 6.04 Å². The number of rotatable bonds is 3. The largest absolute Gasteiger partial charge is 0.417 e. The Bertz CT molecular complexity index is 674. The van der Waals surface area contributed by atoms with E-state index in [1.54, 1.807) is 0 Å². The van der Waals surface area contributed by atoms with Crippen molar-refractivity contribution in [2.75, 3.05) is 7.05 Å². The van der Waals surface area contributed by atoms with E-state index >= 15 is 0 Å². The van der Waals surface area contributed by atoms with Crippen molar-refractivity contribution in [3.05, 3.63) is 33.9 Å². The molecule has 1 rings (SSSR count). The third kappa shape index (κ3) is 4.79. The van der Waals surface area contributed by atoms with Gasteiger partial charge < -0.3 is 5.32 Å². The smallest absolute Gasteiger partial charge is 0.313 e. The van der Waals surface area contributed by atoms with Crippen molar-refractivity contribution in [3.63, 3.8) is 0 Å². The first kappa shape index (κ1) is 23.4. The first-order valence-corrected chi connectivity index (χ1v) is 7.04. The molecule has 1 N–H and O–H groups in total. The van der Waals surface area contributed by atoms with Gasteiger partial charge in [-0.15, -0.1) is 0 Å². The summed E-state index contributed by atoms with van der Waals surface area (Å²) in [5, 5.41) is 2.08. The normalized spacial score (nSPS) is 15.2. The van der Waals surface area contributed by atoms with Crippen LogP contribution in [0.3, 0.4) is 0 Å². The molecule has 0 bridgehead atoms.